The van der Waals surface area contributed by atoms with Gasteiger partial charge in [0.05, 0.1) is 6.61 Å². The lowest BCUT2D eigenvalue weighted by molar-refractivity contribution is 0.0519. The maximum absolute atomic E-state index is 12.6. The monoisotopic (exact) mass is 314 g/mol. The molecule has 0 radical (unpaired) electrons. The Hall–Kier alpha value is -2.36. The maximum atomic E-state index is 12.6. The number of carbonyl (C=O) groups is 1. The maximum Gasteiger partial charge on any atom is 0.342 e. The fourth-order valence-electron chi connectivity index (χ4n) is 2.52. The SMILES string of the molecule is CCOC(=O)c1c(C(C)(C)C)oc(=O)c(C)c1-c1ccccc1. The van der Waals surface area contributed by atoms with E-state index in [2.05, 4.69) is 0 Å². The second-order valence-electron chi connectivity index (χ2n) is 6.43. The van der Waals surface area contributed by atoms with Gasteiger partial charge in [-0.2, -0.15) is 0 Å². The third kappa shape index (κ3) is 3.36. The Morgan fingerprint density at radius 1 is 1.17 bits per heavy atom. The van der Waals surface area contributed by atoms with Crippen LogP contribution in [-0.4, -0.2) is 12.6 Å². The first kappa shape index (κ1) is 17.0. The van der Waals surface area contributed by atoms with Gasteiger partial charge in [0.1, 0.15) is 11.3 Å². The van der Waals surface area contributed by atoms with Gasteiger partial charge in [-0.15, -0.1) is 0 Å². The van der Waals surface area contributed by atoms with Crippen molar-refractivity contribution in [3.8, 4) is 11.1 Å². The van der Waals surface area contributed by atoms with E-state index in [4.69, 9.17) is 9.15 Å². The van der Waals surface area contributed by atoms with Gasteiger partial charge in [-0.25, -0.2) is 9.59 Å². The number of esters is 1. The molecule has 0 unspecified atom stereocenters. The summed E-state index contributed by atoms with van der Waals surface area (Å²) in [6.45, 7) is 9.38. The van der Waals surface area contributed by atoms with E-state index in [1.807, 2.05) is 51.1 Å². The van der Waals surface area contributed by atoms with Gasteiger partial charge in [0.15, 0.2) is 0 Å². The topological polar surface area (TPSA) is 56.5 Å². The van der Waals surface area contributed by atoms with Crippen LogP contribution < -0.4 is 5.63 Å². The third-order valence-corrected chi connectivity index (χ3v) is 3.58. The molecule has 1 aromatic heterocycles. The fourth-order valence-corrected chi connectivity index (χ4v) is 2.52. The second-order valence-corrected chi connectivity index (χ2v) is 6.43. The van der Waals surface area contributed by atoms with Gasteiger partial charge in [0, 0.05) is 16.5 Å². The summed E-state index contributed by atoms with van der Waals surface area (Å²) in [6.07, 6.45) is 0. The lowest BCUT2D eigenvalue weighted by atomic mass is 9.85. The van der Waals surface area contributed by atoms with E-state index in [1.54, 1.807) is 13.8 Å². The Morgan fingerprint density at radius 3 is 2.30 bits per heavy atom. The molecule has 4 heteroatoms. The molecule has 1 heterocycles. The number of hydrogen-bond acceptors (Lipinski definition) is 4. The van der Waals surface area contributed by atoms with Crippen LogP contribution in [0.4, 0.5) is 0 Å². The van der Waals surface area contributed by atoms with Crippen LogP contribution in [0.15, 0.2) is 39.5 Å². The van der Waals surface area contributed by atoms with Gasteiger partial charge in [0.2, 0.25) is 0 Å². The van der Waals surface area contributed by atoms with Crippen molar-refractivity contribution in [2.24, 2.45) is 0 Å². The first-order chi connectivity index (χ1) is 10.8. The second kappa shape index (κ2) is 6.41. The molecule has 0 spiro atoms. The van der Waals surface area contributed by atoms with E-state index in [9.17, 15) is 9.59 Å². The zero-order valence-electron chi connectivity index (χ0n) is 14.2. The smallest absolute Gasteiger partial charge is 0.342 e. The van der Waals surface area contributed by atoms with Gasteiger partial charge in [-0.1, -0.05) is 51.1 Å². The average Bonchev–Trinajstić information content (AvgIpc) is 2.49. The first-order valence-electron chi connectivity index (χ1n) is 7.68. The first-order valence-corrected chi connectivity index (χ1v) is 7.68. The van der Waals surface area contributed by atoms with E-state index in [1.165, 1.54) is 0 Å². The minimum absolute atomic E-state index is 0.259. The molecule has 0 atom stereocenters. The molecule has 0 fully saturated rings. The zero-order chi connectivity index (χ0) is 17.2. The lowest BCUT2D eigenvalue weighted by Crippen LogP contribution is -2.24. The number of ether oxygens (including phenoxy) is 1. The van der Waals surface area contributed by atoms with Gasteiger partial charge in [-0.3, -0.25) is 0 Å². The van der Waals surface area contributed by atoms with Crippen molar-refractivity contribution in [2.75, 3.05) is 6.61 Å². The molecule has 1 aromatic carbocycles. The molecule has 23 heavy (non-hydrogen) atoms. The van der Waals surface area contributed by atoms with E-state index in [-0.39, 0.29) is 6.61 Å². The molecule has 0 aliphatic rings. The van der Waals surface area contributed by atoms with Gasteiger partial charge in [-0.05, 0) is 19.4 Å². The minimum Gasteiger partial charge on any atom is -0.462 e. The van der Waals surface area contributed by atoms with Crippen LogP contribution in [0, 0.1) is 6.92 Å². The number of rotatable bonds is 3. The lowest BCUT2D eigenvalue weighted by Gasteiger charge is -2.22. The molecule has 0 aliphatic heterocycles. The molecule has 0 N–H and O–H groups in total. The Kier molecular flexibility index (Phi) is 4.73. The van der Waals surface area contributed by atoms with Gasteiger partial charge < -0.3 is 9.15 Å². The summed E-state index contributed by atoms with van der Waals surface area (Å²) in [4.78, 5) is 24.9. The van der Waals surface area contributed by atoms with Crippen LogP contribution in [0.3, 0.4) is 0 Å². The molecule has 0 saturated carbocycles. The third-order valence-electron chi connectivity index (χ3n) is 3.58. The normalized spacial score (nSPS) is 11.3. The summed E-state index contributed by atoms with van der Waals surface area (Å²) < 4.78 is 10.7. The standard InChI is InChI=1S/C19H22O4/c1-6-22-18(21)15-14(13-10-8-7-9-11-13)12(2)17(20)23-16(15)19(3,4)5/h7-11H,6H2,1-5H3. The Balaban J connectivity index is 2.90. The predicted octanol–water partition coefficient (Wildman–Crippen LogP) is 4.09. The van der Waals surface area contributed by atoms with Crippen LogP contribution in [0.1, 0.15) is 49.4 Å². The molecule has 0 amide bonds. The average molecular weight is 314 g/mol. The Bertz CT molecular complexity index is 764. The molecule has 0 aliphatic carbocycles. The van der Waals surface area contributed by atoms with Crippen LogP contribution in [-0.2, 0) is 10.2 Å². The van der Waals surface area contributed by atoms with Crippen LogP contribution in [0.25, 0.3) is 11.1 Å². The van der Waals surface area contributed by atoms with Crippen LogP contribution >= 0.6 is 0 Å². The molecular formula is C19H22O4. The van der Waals surface area contributed by atoms with Crippen molar-refractivity contribution < 1.29 is 13.9 Å². The molecule has 2 rings (SSSR count). The number of benzene rings is 1. The summed E-state index contributed by atoms with van der Waals surface area (Å²) in [5.74, 6) is -0.117. The van der Waals surface area contributed by atoms with Gasteiger partial charge >= 0.3 is 11.6 Å². The van der Waals surface area contributed by atoms with E-state index in [0.29, 0.717) is 22.5 Å². The highest BCUT2D eigenvalue weighted by molar-refractivity contribution is 5.99. The summed E-state index contributed by atoms with van der Waals surface area (Å²) in [5, 5.41) is 0. The Labute approximate surface area is 136 Å². The molecular weight excluding hydrogens is 292 g/mol. The summed E-state index contributed by atoms with van der Waals surface area (Å²) >= 11 is 0. The largest absolute Gasteiger partial charge is 0.462 e. The Morgan fingerprint density at radius 2 is 1.78 bits per heavy atom. The van der Waals surface area contributed by atoms with Crippen molar-refractivity contribution in [1.29, 1.82) is 0 Å². The summed E-state index contributed by atoms with van der Waals surface area (Å²) in [6, 6.07) is 9.37. The highest BCUT2D eigenvalue weighted by Crippen LogP contribution is 2.34. The molecule has 0 saturated heterocycles. The van der Waals surface area contributed by atoms with E-state index in [0.717, 1.165) is 5.56 Å². The molecule has 4 nitrogen and oxygen atoms in total. The van der Waals surface area contributed by atoms with Crippen molar-refractivity contribution in [1.82, 2.24) is 0 Å². The fraction of sp³-hybridized carbons (Fsp3) is 0.368. The summed E-state index contributed by atoms with van der Waals surface area (Å²) in [5.41, 5.74) is 1.20. The zero-order valence-corrected chi connectivity index (χ0v) is 14.2. The van der Waals surface area contributed by atoms with Crippen molar-refractivity contribution in [3.63, 3.8) is 0 Å². The molecule has 122 valence electrons. The van der Waals surface area contributed by atoms with Crippen molar-refractivity contribution in [2.45, 2.75) is 40.0 Å². The van der Waals surface area contributed by atoms with Crippen LogP contribution in [0.5, 0.6) is 0 Å². The van der Waals surface area contributed by atoms with E-state index >= 15 is 0 Å². The number of hydrogen-bond donors (Lipinski definition) is 0. The van der Waals surface area contributed by atoms with Crippen molar-refractivity contribution in [3.05, 3.63) is 57.6 Å². The highest BCUT2D eigenvalue weighted by atomic mass is 16.5. The quantitative estimate of drug-likeness (QED) is 0.801. The molecule has 0 bridgehead atoms. The summed E-state index contributed by atoms with van der Waals surface area (Å²) in [7, 11) is 0. The van der Waals surface area contributed by atoms with Crippen molar-refractivity contribution >= 4 is 5.97 Å². The van der Waals surface area contributed by atoms with Crippen LogP contribution in [0.2, 0.25) is 0 Å². The van der Waals surface area contributed by atoms with E-state index < -0.39 is 17.0 Å². The predicted molar refractivity (Wildman–Crippen MR) is 89.8 cm³/mol. The molecule has 2 aromatic rings. The van der Waals surface area contributed by atoms with Gasteiger partial charge in [0.25, 0.3) is 0 Å². The highest BCUT2D eigenvalue weighted by Gasteiger charge is 2.31. The minimum atomic E-state index is -0.502. The number of carbonyl (C=O) groups excluding carboxylic acids is 1.